The van der Waals surface area contributed by atoms with E-state index in [1.54, 1.807) is 19.1 Å². The summed E-state index contributed by atoms with van der Waals surface area (Å²) in [5, 5.41) is 18.3. The number of aromatic nitrogens is 3. The molecule has 1 aromatic heterocycles. The molecule has 1 fully saturated rings. The molecule has 1 aliphatic carbocycles. The third-order valence-electron chi connectivity index (χ3n) is 5.24. The Labute approximate surface area is 168 Å². The van der Waals surface area contributed by atoms with Gasteiger partial charge >= 0.3 is 0 Å². The smallest absolute Gasteiger partial charge is 0.234 e. The molecular weight excluding hydrogens is 376 g/mol. The zero-order valence-corrected chi connectivity index (χ0v) is 16.9. The lowest BCUT2D eigenvalue weighted by Crippen LogP contribution is -2.50. The molecule has 0 bridgehead atoms. The Bertz CT molecular complexity index is 868. The molecule has 3 rings (SSSR count). The number of carbonyl (C=O) groups excluding carboxylic acids is 1. The lowest BCUT2D eigenvalue weighted by molar-refractivity contribution is -0.131. The van der Waals surface area contributed by atoms with E-state index >= 15 is 0 Å². The van der Waals surface area contributed by atoms with E-state index in [2.05, 4.69) is 16.3 Å². The van der Waals surface area contributed by atoms with Crippen molar-refractivity contribution in [3.63, 3.8) is 0 Å². The standard InChI is InChI=1S/C19H24N6O2S/c1-24(19(13-20)10-4-3-5-11-19)16(26)12-28-18-23-22-17(25(18)21)14-6-8-15(27-2)9-7-14/h6-9H,3-5,10-12,21H2,1-2H3. The first-order valence-corrected chi connectivity index (χ1v) is 10.1. The second-order valence-corrected chi connectivity index (χ2v) is 7.79. The number of rotatable bonds is 6. The summed E-state index contributed by atoms with van der Waals surface area (Å²) in [7, 11) is 3.32. The number of carbonyl (C=O) groups is 1. The Morgan fingerprint density at radius 3 is 2.61 bits per heavy atom. The summed E-state index contributed by atoms with van der Waals surface area (Å²) in [5.41, 5.74) is 0.109. The second kappa shape index (κ2) is 8.52. The lowest BCUT2D eigenvalue weighted by atomic mass is 9.81. The van der Waals surface area contributed by atoms with Crippen LogP contribution in [0.15, 0.2) is 29.4 Å². The van der Waals surface area contributed by atoms with Crippen LogP contribution in [0, 0.1) is 11.3 Å². The third-order valence-corrected chi connectivity index (χ3v) is 6.17. The molecule has 148 valence electrons. The SMILES string of the molecule is COc1ccc(-c2nnc(SCC(=O)N(C)C3(C#N)CCCCC3)n2N)cc1. The summed E-state index contributed by atoms with van der Waals surface area (Å²) in [6.45, 7) is 0. The van der Waals surface area contributed by atoms with Gasteiger partial charge in [-0.1, -0.05) is 31.0 Å². The number of nitrogen functional groups attached to an aromatic ring is 1. The summed E-state index contributed by atoms with van der Waals surface area (Å²) in [6, 6.07) is 9.70. The van der Waals surface area contributed by atoms with E-state index in [4.69, 9.17) is 10.6 Å². The zero-order chi connectivity index (χ0) is 20.1. The highest BCUT2D eigenvalue weighted by Crippen LogP contribution is 2.33. The van der Waals surface area contributed by atoms with Gasteiger partial charge in [0.25, 0.3) is 0 Å². The number of hydrogen-bond acceptors (Lipinski definition) is 7. The van der Waals surface area contributed by atoms with E-state index in [9.17, 15) is 10.1 Å². The molecule has 1 saturated carbocycles. The Balaban J connectivity index is 1.67. The second-order valence-electron chi connectivity index (χ2n) is 6.85. The molecule has 2 aromatic rings. The molecule has 0 unspecified atom stereocenters. The predicted molar refractivity (Wildman–Crippen MR) is 107 cm³/mol. The highest BCUT2D eigenvalue weighted by atomic mass is 32.2. The number of thioether (sulfide) groups is 1. The van der Waals surface area contributed by atoms with Crippen molar-refractivity contribution < 1.29 is 9.53 Å². The van der Waals surface area contributed by atoms with Crippen LogP contribution in [0.2, 0.25) is 0 Å². The average molecular weight is 401 g/mol. The molecular formula is C19H24N6O2S. The fourth-order valence-corrected chi connectivity index (χ4v) is 4.20. The zero-order valence-electron chi connectivity index (χ0n) is 16.1. The average Bonchev–Trinajstić information content (AvgIpc) is 3.12. The van der Waals surface area contributed by atoms with Gasteiger partial charge in [0.05, 0.1) is 18.9 Å². The van der Waals surface area contributed by atoms with Crippen LogP contribution >= 0.6 is 11.8 Å². The number of methoxy groups -OCH3 is 1. The minimum atomic E-state index is -0.694. The van der Waals surface area contributed by atoms with Crippen molar-refractivity contribution in [2.45, 2.75) is 42.8 Å². The molecule has 1 amide bonds. The van der Waals surface area contributed by atoms with Gasteiger partial charge in [-0.05, 0) is 37.1 Å². The number of benzene rings is 1. The summed E-state index contributed by atoms with van der Waals surface area (Å²) in [5.74, 6) is 7.41. The summed E-state index contributed by atoms with van der Waals surface area (Å²) < 4.78 is 6.53. The first-order valence-electron chi connectivity index (χ1n) is 9.16. The quantitative estimate of drug-likeness (QED) is 0.586. The topological polar surface area (TPSA) is 110 Å². The number of nitrogens with zero attached hydrogens (tertiary/aromatic N) is 5. The molecule has 28 heavy (non-hydrogen) atoms. The minimum absolute atomic E-state index is 0.109. The van der Waals surface area contributed by atoms with Crippen LogP contribution in [0.1, 0.15) is 32.1 Å². The first-order chi connectivity index (χ1) is 13.5. The van der Waals surface area contributed by atoms with Crippen LogP contribution in [0.4, 0.5) is 0 Å². The van der Waals surface area contributed by atoms with Gasteiger partial charge < -0.3 is 15.5 Å². The van der Waals surface area contributed by atoms with E-state index in [1.165, 1.54) is 16.4 Å². The van der Waals surface area contributed by atoms with Crippen LogP contribution in [0.3, 0.4) is 0 Å². The van der Waals surface area contributed by atoms with Gasteiger partial charge in [0, 0.05) is 12.6 Å². The molecule has 8 nitrogen and oxygen atoms in total. The Morgan fingerprint density at radius 2 is 2.00 bits per heavy atom. The monoisotopic (exact) mass is 400 g/mol. The molecule has 1 aliphatic rings. The normalized spacial score (nSPS) is 15.6. The number of amides is 1. The van der Waals surface area contributed by atoms with Gasteiger partial charge in [-0.3, -0.25) is 4.79 Å². The van der Waals surface area contributed by atoms with Gasteiger partial charge in [-0.25, -0.2) is 4.68 Å². The molecule has 9 heteroatoms. The Kier molecular flexibility index (Phi) is 6.09. The maximum Gasteiger partial charge on any atom is 0.234 e. The van der Waals surface area contributed by atoms with Crippen LogP contribution < -0.4 is 10.6 Å². The van der Waals surface area contributed by atoms with Crippen LogP contribution in [0.5, 0.6) is 5.75 Å². The van der Waals surface area contributed by atoms with E-state index in [0.29, 0.717) is 11.0 Å². The predicted octanol–water partition coefficient (Wildman–Crippen LogP) is 2.44. The van der Waals surface area contributed by atoms with Crippen LogP contribution in [-0.4, -0.2) is 51.1 Å². The molecule has 0 saturated heterocycles. The van der Waals surface area contributed by atoms with Crippen molar-refractivity contribution in [2.24, 2.45) is 0 Å². The van der Waals surface area contributed by atoms with E-state index in [0.717, 1.165) is 43.4 Å². The fraction of sp³-hybridized carbons (Fsp3) is 0.474. The van der Waals surface area contributed by atoms with Gasteiger partial charge in [-0.15, -0.1) is 10.2 Å². The van der Waals surface area contributed by atoms with Gasteiger partial charge in [-0.2, -0.15) is 5.26 Å². The summed E-state index contributed by atoms with van der Waals surface area (Å²) in [6.07, 6.45) is 4.52. The maximum absolute atomic E-state index is 12.7. The number of nitrogens with two attached hydrogens (primary N) is 1. The molecule has 0 aliphatic heterocycles. The largest absolute Gasteiger partial charge is 0.497 e. The molecule has 0 radical (unpaired) electrons. The fourth-order valence-electron chi connectivity index (χ4n) is 3.43. The number of nitriles is 1. The molecule has 1 heterocycles. The van der Waals surface area contributed by atoms with E-state index in [-0.39, 0.29) is 11.7 Å². The van der Waals surface area contributed by atoms with Gasteiger partial charge in [0.2, 0.25) is 11.1 Å². The number of ether oxygens (including phenoxy) is 1. The Morgan fingerprint density at radius 1 is 1.32 bits per heavy atom. The third kappa shape index (κ3) is 3.92. The molecule has 2 N–H and O–H groups in total. The molecule has 0 atom stereocenters. The van der Waals surface area contributed by atoms with E-state index < -0.39 is 5.54 Å². The van der Waals surface area contributed by atoms with Crippen molar-refractivity contribution in [2.75, 3.05) is 25.8 Å². The van der Waals surface area contributed by atoms with Crippen LogP contribution in [-0.2, 0) is 4.79 Å². The lowest BCUT2D eigenvalue weighted by Gasteiger charge is -2.39. The Hall–Kier alpha value is -2.73. The van der Waals surface area contributed by atoms with Crippen molar-refractivity contribution >= 4 is 17.7 Å². The summed E-state index contributed by atoms with van der Waals surface area (Å²) in [4.78, 5) is 14.3. The van der Waals surface area contributed by atoms with Gasteiger partial charge in [0.15, 0.2) is 5.82 Å². The van der Waals surface area contributed by atoms with E-state index in [1.807, 2.05) is 24.3 Å². The van der Waals surface area contributed by atoms with Crippen molar-refractivity contribution in [3.8, 4) is 23.2 Å². The number of hydrogen-bond donors (Lipinski definition) is 1. The maximum atomic E-state index is 12.7. The van der Waals surface area contributed by atoms with Crippen molar-refractivity contribution in [1.82, 2.24) is 19.8 Å². The minimum Gasteiger partial charge on any atom is -0.497 e. The van der Waals surface area contributed by atoms with Crippen molar-refractivity contribution in [1.29, 1.82) is 5.26 Å². The highest BCUT2D eigenvalue weighted by Gasteiger charge is 2.38. The highest BCUT2D eigenvalue weighted by molar-refractivity contribution is 7.99. The first kappa shape index (κ1) is 20.0. The molecule has 0 spiro atoms. The van der Waals surface area contributed by atoms with Crippen molar-refractivity contribution in [3.05, 3.63) is 24.3 Å². The van der Waals surface area contributed by atoms with Gasteiger partial charge in [0.1, 0.15) is 11.3 Å². The summed E-state index contributed by atoms with van der Waals surface area (Å²) >= 11 is 1.22. The van der Waals surface area contributed by atoms with Crippen LogP contribution in [0.25, 0.3) is 11.4 Å². The molecule has 1 aromatic carbocycles.